The molecule has 6 heteroatoms. The highest BCUT2D eigenvalue weighted by atomic mass is 35.5. The van der Waals surface area contributed by atoms with Crippen LogP contribution in [0.4, 0.5) is 5.69 Å². The van der Waals surface area contributed by atoms with Gasteiger partial charge in [0.1, 0.15) is 10.7 Å². The minimum absolute atomic E-state index is 0.126. The number of rotatable bonds is 3. The second kappa shape index (κ2) is 7.05. The number of amides is 1. The average molecular weight is 377 g/mol. The van der Waals surface area contributed by atoms with E-state index in [2.05, 4.69) is 10.3 Å². The summed E-state index contributed by atoms with van der Waals surface area (Å²) in [5, 5.41) is 3.72. The van der Waals surface area contributed by atoms with Crippen LogP contribution in [0.25, 0.3) is 22.1 Å². The van der Waals surface area contributed by atoms with Crippen molar-refractivity contribution in [2.45, 2.75) is 0 Å². The Hall–Kier alpha value is -3.44. The number of pyridine rings is 1. The Bertz CT molecular complexity index is 1220. The Balaban J connectivity index is 1.69. The Kier molecular flexibility index (Phi) is 4.44. The average Bonchev–Trinajstić information content (AvgIpc) is 2.68. The Morgan fingerprint density at radius 2 is 1.85 bits per heavy atom. The van der Waals surface area contributed by atoms with E-state index in [1.165, 1.54) is 6.20 Å². The highest BCUT2D eigenvalue weighted by molar-refractivity contribution is 6.33. The van der Waals surface area contributed by atoms with E-state index >= 15 is 0 Å². The molecule has 4 aromatic rings. The summed E-state index contributed by atoms with van der Waals surface area (Å²) in [4.78, 5) is 28.7. The number of para-hydroxylation sites is 1. The van der Waals surface area contributed by atoms with Gasteiger partial charge in [-0.2, -0.15) is 0 Å². The second-order valence-electron chi connectivity index (χ2n) is 5.86. The molecule has 0 spiro atoms. The number of hydrogen-bond donors (Lipinski definition) is 1. The number of fused-ring (bicyclic) bond motifs is 1. The van der Waals surface area contributed by atoms with Crippen molar-refractivity contribution in [2.24, 2.45) is 0 Å². The number of carbonyl (C=O) groups is 1. The highest BCUT2D eigenvalue weighted by Gasteiger charge is 2.12. The quantitative estimate of drug-likeness (QED) is 0.413. The first kappa shape index (κ1) is 17.0. The number of halogens is 1. The van der Waals surface area contributed by atoms with Crippen molar-refractivity contribution in [3.8, 4) is 11.1 Å². The monoisotopic (exact) mass is 376 g/mol. The number of anilines is 1. The van der Waals surface area contributed by atoms with E-state index in [9.17, 15) is 9.59 Å². The molecule has 4 rings (SSSR count). The molecule has 0 radical (unpaired) electrons. The predicted molar refractivity (Wildman–Crippen MR) is 105 cm³/mol. The molecular formula is C21H13ClN2O3. The van der Waals surface area contributed by atoms with E-state index in [1.54, 1.807) is 48.5 Å². The van der Waals surface area contributed by atoms with Crippen molar-refractivity contribution in [3.05, 3.63) is 94.1 Å². The minimum atomic E-state index is -0.438. The maximum atomic E-state index is 12.4. The van der Waals surface area contributed by atoms with E-state index in [4.69, 9.17) is 16.0 Å². The zero-order valence-electron chi connectivity index (χ0n) is 14.0. The maximum Gasteiger partial charge on any atom is 0.344 e. The Morgan fingerprint density at radius 3 is 2.70 bits per heavy atom. The molecule has 2 heterocycles. The lowest BCUT2D eigenvalue weighted by atomic mass is 10.1. The van der Waals surface area contributed by atoms with Gasteiger partial charge in [-0.05, 0) is 42.0 Å². The van der Waals surface area contributed by atoms with Crippen LogP contribution in [0.2, 0.25) is 5.15 Å². The van der Waals surface area contributed by atoms with E-state index in [1.807, 2.05) is 18.2 Å². The van der Waals surface area contributed by atoms with Gasteiger partial charge in [0.2, 0.25) is 0 Å². The molecule has 0 aliphatic heterocycles. The van der Waals surface area contributed by atoms with Crippen molar-refractivity contribution in [1.29, 1.82) is 0 Å². The third kappa shape index (κ3) is 3.45. The molecule has 0 bridgehead atoms. The normalized spacial score (nSPS) is 10.7. The van der Waals surface area contributed by atoms with Crippen LogP contribution < -0.4 is 10.9 Å². The van der Waals surface area contributed by atoms with Gasteiger partial charge in [0.25, 0.3) is 5.91 Å². The summed E-state index contributed by atoms with van der Waals surface area (Å²) < 4.78 is 5.38. The number of nitrogens with one attached hydrogen (secondary N) is 1. The summed E-state index contributed by atoms with van der Waals surface area (Å²) in [7, 11) is 0. The molecule has 0 fully saturated rings. The maximum absolute atomic E-state index is 12.4. The standard InChI is InChI=1S/C21H13ClN2O3/c22-19-16(8-4-10-23-19)20(25)24-15-7-3-6-13(11-15)17-12-14-5-1-2-9-18(14)27-21(17)26/h1-12H,(H,24,25). The number of benzene rings is 2. The van der Waals surface area contributed by atoms with Gasteiger partial charge in [-0.15, -0.1) is 0 Å². The van der Waals surface area contributed by atoms with Gasteiger partial charge < -0.3 is 9.73 Å². The van der Waals surface area contributed by atoms with Crippen LogP contribution in [0, 0.1) is 0 Å². The van der Waals surface area contributed by atoms with Gasteiger partial charge in [-0.25, -0.2) is 9.78 Å². The van der Waals surface area contributed by atoms with E-state index < -0.39 is 5.63 Å². The van der Waals surface area contributed by atoms with Crippen molar-refractivity contribution >= 4 is 34.2 Å². The first-order valence-corrected chi connectivity index (χ1v) is 8.55. The van der Waals surface area contributed by atoms with Gasteiger partial charge in [0.15, 0.2) is 0 Å². The number of carbonyl (C=O) groups excluding carboxylic acids is 1. The third-order valence-electron chi connectivity index (χ3n) is 4.08. The van der Waals surface area contributed by atoms with Gasteiger partial charge in [0.05, 0.1) is 11.1 Å². The molecule has 27 heavy (non-hydrogen) atoms. The summed E-state index contributed by atoms with van der Waals surface area (Å²) in [6.45, 7) is 0. The molecule has 0 atom stereocenters. The molecule has 132 valence electrons. The van der Waals surface area contributed by atoms with Crippen LogP contribution >= 0.6 is 11.6 Å². The molecular weight excluding hydrogens is 364 g/mol. The summed E-state index contributed by atoms with van der Waals surface area (Å²) >= 11 is 5.96. The second-order valence-corrected chi connectivity index (χ2v) is 6.22. The van der Waals surface area contributed by atoms with Gasteiger partial charge in [-0.1, -0.05) is 41.9 Å². The van der Waals surface area contributed by atoms with Gasteiger partial charge in [-0.3, -0.25) is 4.79 Å². The summed E-state index contributed by atoms with van der Waals surface area (Å²) in [5.41, 5.74) is 1.96. The fourth-order valence-corrected chi connectivity index (χ4v) is 2.99. The van der Waals surface area contributed by atoms with Crippen molar-refractivity contribution < 1.29 is 9.21 Å². The summed E-state index contributed by atoms with van der Waals surface area (Å²) in [6.07, 6.45) is 1.51. The molecule has 2 aromatic heterocycles. The Labute approximate surface area is 159 Å². The first-order chi connectivity index (χ1) is 13.1. The minimum Gasteiger partial charge on any atom is -0.422 e. The lowest BCUT2D eigenvalue weighted by molar-refractivity contribution is 0.102. The molecule has 0 saturated carbocycles. The third-order valence-corrected chi connectivity index (χ3v) is 4.38. The largest absolute Gasteiger partial charge is 0.422 e. The van der Waals surface area contributed by atoms with Crippen molar-refractivity contribution in [2.75, 3.05) is 5.32 Å². The van der Waals surface area contributed by atoms with Gasteiger partial charge in [0, 0.05) is 17.3 Å². The molecule has 0 aliphatic carbocycles. The number of aromatic nitrogens is 1. The zero-order chi connectivity index (χ0) is 18.8. The van der Waals surface area contributed by atoms with E-state index in [0.717, 1.165) is 5.39 Å². The Morgan fingerprint density at radius 1 is 1.00 bits per heavy atom. The molecule has 1 N–H and O–H groups in total. The summed E-state index contributed by atoms with van der Waals surface area (Å²) in [5.74, 6) is -0.379. The van der Waals surface area contributed by atoms with Crippen LogP contribution in [0.3, 0.4) is 0 Å². The predicted octanol–water partition coefficient (Wildman–Crippen LogP) is 4.76. The lowest BCUT2D eigenvalue weighted by Gasteiger charge is -2.08. The van der Waals surface area contributed by atoms with E-state index in [-0.39, 0.29) is 16.6 Å². The van der Waals surface area contributed by atoms with Crippen LogP contribution in [0.15, 0.2) is 82.1 Å². The molecule has 0 aliphatic rings. The fourth-order valence-electron chi connectivity index (χ4n) is 2.78. The van der Waals surface area contributed by atoms with Gasteiger partial charge >= 0.3 is 5.63 Å². The molecule has 0 unspecified atom stereocenters. The number of nitrogens with zero attached hydrogens (tertiary/aromatic N) is 1. The SMILES string of the molecule is O=C(Nc1cccc(-c2cc3ccccc3oc2=O)c1)c1cccnc1Cl. The molecule has 5 nitrogen and oxygen atoms in total. The van der Waals surface area contributed by atoms with Crippen LogP contribution in [-0.2, 0) is 0 Å². The molecule has 2 aromatic carbocycles. The molecule has 0 saturated heterocycles. The lowest BCUT2D eigenvalue weighted by Crippen LogP contribution is -2.13. The fraction of sp³-hybridized carbons (Fsp3) is 0. The molecule has 1 amide bonds. The summed E-state index contributed by atoms with van der Waals surface area (Å²) in [6, 6.07) is 19.3. The first-order valence-electron chi connectivity index (χ1n) is 8.17. The highest BCUT2D eigenvalue weighted by Crippen LogP contribution is 2.24. The van der Waals surface area contributed by atoms with Crippen LogP contribution in [0.5, 0.6) is 0 Å². The van der Waals surface area contributed by atoms with Crippen molar-refractivity contribution in [3.63, 3.8) is 0 Å². The van der Waals surface area contributed by atoms with Crippen molar-refractivity contribution in [1.82, 2.24) is 4.98 Å². The van der Waals surface area contributed by atoms with Crippen LogP contribution in [-0.4, -0.2) is 10.9 Å². The zero-order valence-corrected chi connectivity index (χ0v) is 14.7. The van der Waals surface area contributed by atoms with Crippen LogP contribution in [0.1, 0.15) is 10.4 Å². The van der Waals surface area contributed by atoms with E-state index in [0.29, 0.717) is 22.4 Å². The smallest absolute Gasteiger partial charge is 0.344 e. The topological polar surface area (TPSA) is 72.2 Å². The number of hydrogen-bond acceptors (Lipinski definition) is 4.